The number of aromatic nitrogens is 2. The van der Waals surface area contributed by atoms with Crippen LogP contribution in [0.1, 0.15) is 36.0 Å². The minimum Gasteiger partial charge on any atom is -0.358 e. The zero-order valence-electron chi connectivity index (χ0n) is 13.6. The molecule has 5 nitrogen and oxygen atoms in total. The molecule has 0 saturated carbocycles. The number of nitrogens with one attached hydrogen (secondary N) is 1. The highest BCUT2D eigenvalue weighted by Gasteiger charge is 2.23. The fraction of sp³-hybridized carbons (Fsp3) is 0.562. The smallest absolute Gasteiger partial charge is 0.244 e. The average molecular weight is 318 g/mol. The zero-order valence-corrected chi connectivity index (χ0v) is 14.4. The summed E-state index contributed by atoms with van der Waals surface area (Å²) in [5.41, 5.74) is 1.39. The van der Waals surface area contributed by atoms with Gasteiger partial charge < -0.3 is 10.2 Å². The third kappa shape index (κ3) is 2.67. The number of thiophene rings is 1. The van der Waals surface area contributed by atoms with Crippen molar-refractivity contribution in [1.29, 1.82) is 0 Å². The number of rotatable bonds is 3. The van der Waals surface area contributed by atoms with E-state index in [4.69, 9.17) is 0 Å². The van der Waals surface area contributed by atoms with Gasteiger partial charge in [0, 0.05) is 19.0 Å². The SMILES string of the molecule is Cc1nc(N[C@@H](C)C(=O)N(C)C)c2c3c(sc2n1)CCCC3. The molecule has 118 valence electrons. The second kappa shape index (κ2) is 5.83. The summed E-state index contributed by atoms with van der Waals surface area (Å²) in [5.74, 6) is 1.61. The number of aryl methyl sites for hydroxylation is 3. The number of hydrogen-bond acceptors (Lipinski definition) is 5. The highest BCUT2D eigenvalue weighted by atomic mass is 32.1. The van der Waals surface area contributed by atoms with Crippen molar-refractivity contribution in [3.8, 4) is 0 Å². The van der Waals surface area contributed by atoms with E-state index in [1.165, 1.54) is 23.3 Å². The van der Waals surface area contributed by atoms with Crippen LogP contribution >= 0.6 is 11.3 Å². The number of carbonyl (C=O) groups excluding carboxylic acids is 1. The Hall–Kier alpha value is -1.69. The molecule has 22 heavy (non-hydrogen) atoms. The van der Waals surface area contributed by atoms with Gasteiger partial charge in [-0.2, -0.15) is 0 Å². The van der Waals surface area contributed by atoms with Gasteiger partial charge in [0.05, 0.1) is 5.39 Å². The third-order valence-electron chi connectivity index (χ3n) is 4.09. The molecule has 1 amide bonds. The second-order valence-electron chi connectivity index (χ2n) is 6.11. The van der Waals surface area contributed by atoms with Crippen molar-refractivity contribution < 1.29 is 4.79 Å². The van der Waals surface area contributed by atoms with E-state index in [-0.39, 0.29) is 11.9 Å². The molecule has 2 heterocycles. The van der Waals surface area contributed by atoms with Gasteiger partial charge in [0.25, 0.3) is 0 Å². The summed E-state index contributed by atoms with van der Waals surface area (Å²) in [6.45, 7) is 3.78. The van der Waals surface area contributed by atoms with Crippen molar-refractivity contribution in [1.82, 2.24) is 14.9 Å². The maximum atomic E-state index is 12.1. The van der Waals surface area contributed by atoms with Crippen LogP contribution < -0.4 is 5.32 Å². The quantitative estimate of drug-likeness (QED) is 0.945. The molecule has 1 atom stereocenters. The molecule has 3 rings (SSSR count). The monoisotopic (exact) mass is 318 g/mol. The van der Waals surface area contributed by atoms with E-state index >= 15 is 0 Å². The van der Waals surface area contributed by atoms with Crippen LogP contribution in [0.5, 0.6) is 0 Å². The van der Waals surface area contributed by atoms with E-state index < -0.39 is 0 Å². The summed E-state index contributed by atoms with van der Waals surface area (Å²) in [7, 11) is 3.54. The molecule has 0 aromatic carbocycles. The van der Waals surface area contributed by atoms with E-state index in [1.54, 1.807) is 30.3 Å². The maximum Gasteiger partial charge on any atom is 0.244 e. The van der Waals surface area contributed by atoms with Crippen molar-refractivity contribution in [2.75, 3.05) is 19.4 Å². The molecule has 2 aromatic heterocycles. The summed E-state index contributed by atoms with van der Waals surface area (Å²) in [4.78, 5) is 25.4. The average Bonchev–Trinajstić information content (AvgIpc) is 2.84. The van der Waals surface area contributed by atoms with E-state index in [1.807, 2.05) is 13.8 Å². The van der Waals surface area contributed by atoms with Crippen molar-refractivity contribution >= 4 is 33.3 Å². The molecule has 0 radical (unpaired) electrons. The fourth-order valence-electron chi connectivity index (χ4n) is 3.02. The van der Waals surface area contributed by atoms with E-state index in [2.05, 4.69) is 15.3 Å². The van der Waals surface area contributed by atoms with Gasteiger partial charge in [-0.15, -0.1) is 11.3 Å². The molecule has 0 bridgehead atoms. The molecule has 6 heteroatoms. The topological polar surface area (TPSA) is 58.1 Å². The maximum absolute atomic E-state index is 12.1. The minimum atomic E-state index is -0.299. The summed E-state index contributed by atoms with van der Waals surface area (Å²) in [6.07, 6.45) is 4.70. The molecule has 0 aliphatic heterocycles. The van der Waals surface area contributed by atoms with Crippen molar-refractivity contribution in [3.63, 3.8) is 0 Å². The molecular weight excluding hydrogens is 296 g/mol. The fourth-order valence-corrected chi connectivity index (χ4v) is 4.33. The summed E-state index contributed by atoms with van der Waals surface area (Å²) >= 11 is 1.78. The van der Waals surface area contributed by atoms with E-state index in [0.29, 0.717) is 0 Å². The molecule has 2 aromatic rings. The van der Waals surface area contributed by atoms with Crippen LogP contribution in [0, 0.1) is 6.92 Å². The Morgan fingerprint density at radius 2 is 2.00 bits per heavy atom. The lowest BCUT2D eigenvalue weighted by Crippen LogP contribution is -2.37. The number of carbonyl (C=O) groups is 1. The highest BCUT2D eigenvalue weighted by Crippen LogP contribution is 2.38. The van der Waals surface area contributed by atoms with Crippen molar-refractivity contribution in [3.05, 3.63) is 16.3 Å². The zero-order chi connectivity index (χ0) is 15.9. The molecule has 0 unspecified atom stereocenters. The first kappa shape index (κ1) is 15.2. The number of hydrogen-bond donors (Lipinski definition) is 1. The van der Waals surface area contributed by atoms with Crippen LogP contribution in [-0.2, 0) is 17.6 Å². The number of nitrogens with zero attached hydrogens (tertiary/aromatic N) is 3. The molecule has 0 saturated heterocycles. The van der Waals surface area contributed by atoms with Gasteiger partial charge in [0.15, 0.2) is 0 Å². The van der Waals surface area contributed by atoms with Gasteiger partial charge >= 0.3 is 0 Å². The predicted octanol–water partition coefficient (Wildman–Crippen LogP) is 2.77. The van der Waals surface area contributed by atoms with Crippen molar-refractivity contribution in [2.24, 2.45) is 0 Å². The third-order valence-corrected chi connectivity index (χ3v) is 5.28. The molecular formula is C16H22N4OS. The van der Waals surface area contributed by atoms with Gasteiger partial charge in [-0.3, -0.25) is 4.79 Å². The second-order valence-corrected chi connectivity index (χ2v) is 7.19. The first-order chi connectivity index (χ1) is 10.5. The van der Waals surface area contributed by atoms with Crippen LogP contribution in [0.3, 0.4) is 0 Å². The molecule has 1 aliphatic rings. The van der Waals surface area contributed by atoms with Gasteiger partial charge in [-0.05, 0) is 45.1 Å². The standard InChI is InChI=1S/C16H22N4OS/c1-9(16(21)20(3)4)17-14-13-11-7-5-6-8-12(11)22-15(13)19-10(2)18-14/h9H,5-8H2,1-4H3,(H,17,18,19)/t9-/m0/s1. The van der Waals surface area contributed by atoms with Crippen LogP contribution in [0.2, 0.25) is 0 Å². The molecule has 0 spiro atoms. The first-order valence-electron chi connectivity index (χ1n) is 7.74. The Bertz CT molecular complexity index is 722. The number of anilines is 1. The highest BCUT2D eigenvalue weighted by molar-refractivity contribution is 7.19. The Morgan fingerprint density at radius 1 is 1.27 bits per heavy atom. The normalized spacial score (nSPS) is 15.5. The Balaban J connectivity index is 2.04. The predicted molar refractivity (Wildman–Crippen MR) is 90.6 cm³/mol. The Labute approximate surface area is 134 Å². The van der Waals surface area contributed by atoms with E-state index in [0.717, 1.165) is 34.7 Å². The summed E-state index contributed by atoms with van der Waals surface area (Å²) in [6, 6.07) is -0.299. The van der Waals surface area contributed by atoms with Crippen LogP contribution in [0.15, 0.2) is 0 Å². The largest absolute Gasteiger partial charge is 0.358 e. The minimum absolute atomic E-state index is 0.0495. The van der Waals surface area contributed by atoms with Gasteiger partial charge in [-0.1, -0.05) is 0 Å². The van der Waals surface area contributed by atoms with Crippen LogP contribution in [-0.4, -0.2) is 40.9 Å². The first-order valence-corrected chi connectivity index (χ1v) is 8.55. The lowest BCUT2D eigenvalue weighted by molar-refractivity contribution is -0.129. The number of likely N-dealkylation sites (N-methyl/N-ethyl adjacent to an activating group) is 1. The molecule has 0 fully saturated rings. The Kier molecular flexibility index (Phi) is 4.04. The Morgan fingerprint density at radius 3 is 2.73 bits per heavy atom. The van der Waals surface area contributed by atoms with Gasteiger partial charge in [-0.25, -0.2) is 9.97 Å². The van der Waals surface area contributed by atoms with Crippen molar-refractivity contribution in [2.45, 2.75) is 45.6 Å². The summed E-state index contributed by atoms with van der Waals surface area (Å²) in [5, 5.41) is 4.44. The number of amides is 1. The van der Waals surface area contributed by atoms with Crippen LogP contribution in [0.25, 0.3) is 10.2 Å². The molecule has 1 N–H and O–H groups in total. The number of fused-ring (bicyclic) bond motifs is 3. The lowest BCUT2D eigenvalue weighted by Gasteiger charge is -2.19. The van der Waals surface area contributed by atoms with E-state index in [9.17, 15) is 4.79 Å². The van der Waals surface area contributed by atoms with Gasteiger partial charge in [0.1, 0.15) is 22.5 Å². The lowest BCUT2D eigenvalue weighted by atomic mass is 9.97. The van der Waals surface area contributed by atoms with Crippen LogP contribution in [0.4, 0.5) is 5.82 Å². The summed E-state index contributed by atoms with van der Waals surface area (Å²) < 4.78 is 0. The molecule has 1 aliphatic carbocycles. The van der Waals surface area contributed by atoms with Gasteiger partial charge in [0.2, 0.25) is 5.91 Å².